The van der Waals surface area contributed by atoms with Gasteiger partial charge in [-0.2, -0.15) is 0 Å². The summed E-state index contributed by atoms with van der Waals surface area (Å²) >= 11 is 0. The molecule has 0 unspecified atom stereocenters. The standard InChI is InChI=1S/C15H20N2O5S.ClH/c1-22-13(18)10-7-11(9-12(8-10)23(2,20)21)17-14(19)15(16)5-3-4-6-15;/h7-9H,3-6,16H2,1-2H3,(H,17,19);1H. The molecule has 1 aromatic carbocycles. The van der Waals surface area contributed by atoms with E-state index in [0.29, 0.717) is 12.8 Å². The van der Waals surface area contributed by atoms with Crippen molar-refractivity contribution in [2.24, 2.45) is 5.73 Å². The Morgan fingerprint density at radius 1 is 1.21 bits per heavy atom. The zero-order valence-electron chi connectivity index (χ0n) is 13.5. The lowest BCUT2D eigenvalue weighted by molar-refractivity contribution is -0.121. The Hall–Kier alpha value is -1.64. The highest BCUT2D eigenvalue weighted by Crippen LogP contribution is 2.29. The van der Waals surface area contributed by atoms with Crippen LogP contribution in [-0.4, -0.2) is 39.2 Å². The maximum Gasteiger partial charge on any atom is 0.337 e. The van der Waals surface area contributed by atoms with Gasteiger partial charge in [0.15, 0.2) is 9.84 Å². The number of halogens is 1. The number of carbonyl (C=O) groups excluding carboxylic acids is 2. The van der Waals surface area contributed by atoms with Gasteiger partial charge in [-0.1, -0.05) is 12.8 Å². The molecule has 0 saturated heterocycles. The molecule has 1 aromatic rings. The number of benzene rings is 1. The van der Waals surface area contributed by atoms with Gasteiger partial charge in [-0.05, 0) is 31.0 Å². The van der Waals surface area contributed by atoms with Crippen molar-refractivity contribution in [3.63, 3.8) is 0 Å². The van der Waals surface area contributed by atoms with Gasteiger partial charge in [0.1, 0.15) is 0 Å². The Morgan fingerprint density at radius 2 is 1.79 bits per heavy atom. The number of methoxy groups -OCH3 is 1. The third-order valence-corrected chi connectivity index (χ3v) is 5.05. The molecule has 0 bridgehead atoms. The minimum absolute atomic E-state index is 0. The molecule has 7 nitrogen and oxygen atoms in total. The number of hydrogen-bond donors (Lipinski definition) is 2. The van der Waals surface area contributed by atoms with Crippen molar-refractivity contribution in [2.45, 2.75) is 36.1 Å². The topological polar surface area (TPSA) is 116 Å². The molecule has 1 fully saturated rings. The molecule has 0 aromatic heterocycles. The monoisotopic (exact) mass is 376 g/mol. The molecule has 2 rings (SSSR count). The first-order valence-corrected chi connectivity index (χ1v) is 9.09. The Kier molecular flexibility index (Phi) is 6.38. The van der Waals surface area contributed by atoms with E-state index < -0.39 is 21.3 Å². The minimum Gasteiger partial charge on any atom is -0.465 e. The van der Waals surface area contributed by atoms with E-state index in [1.165, 1.54) is 25.3 Å². The fraction of sp³-hybridized carbons (Fsp3) is 0.467. The minimum atomic E-state index is -3.55. The number of rotatable bonds is 4. The van der Waals surface area contributed by atoms with Crippen molar-refractivity contribution < 1.29 is 22.7 Å². The molecule has 3 N–H and O–H groups in total. The summed E-state index contributed by atoms with van der Waals surface area (Å²) in [4.78, 5) is 24.0. The van der Waals surface area contributed by atoms with Crippen LogP contribution in [0.4, 0.5) is 5.69 Å². The van der Waals surface area contributed by atoms with E-state index in [1.54, 1.807) is 0 Å². The van der Waals surface area contributed by atoms with Crippen LogP contribution < -0.4 is 11.1 Å². The van der Waals surface area contributed by atoms with Gasteiger partial charge in [-0.15, -0.1) is 12.4 Å². The number of amides is 1. The first-order chi connectivity index (χ1) is 10.7. The highest BCUT2D eigenvalue weighted by molar-refractivity contribution is 7.90. The smallest absolute Gasteiger partial charge is 0.337 e. The average Bonchev–Trinajstić information content (AvgIpc) is 2.93. The van der Waals surface area contributed by atoms with E-state index in [9.17, 15) is 18.0 Å². The Labute approximate surface area is 147 Å². The highest BCUT2D eigenvalue weighted by Gasteiger charge is 2.37. The zero-order chi connectivity index (χ0) is 17.3. The molecule has 0 radical (unpaired) electrons. The summed E-state index contributed by atoms with van der Waals surface area (Å²) in [6.45, 7) is 0. The summed E-state index contributed by atoms with van der Waals surface area (Å²) in [5.74, 6) is -1.06. The lowest BCUT2D eigenvalue weighted by Crippen LogP contribution is -2.48. The van der Waals surface area contributed by atoms with Crippen LogP contribution in [0.25, 0.3) is 0 Å². The molecule has 1 amide bonds. The van der Waals surface area contributed by atoms with Gasteiger partial charge in [0.2, 0.25) is 5.91 Å². The number of sulfone groups is 1. The van der Waals surface area contributed by atoms with Crippen molar-refractivity contribution >= 4 is 39.8 Å². The Morgan fingerprint density at radius 3 is 2.29 bits per heavy atom. The van der Waals surface area contributed by atoms with Crippen molar-refractivity contribution in [3.8, 4) is 0 Å². The SMILES string of the molecule is COC(=O)c1cc(NC(=O)C2(N)CCCC2)cc(S(C)(=O)=O)c1.Cl. The third kappa shape index (κ3) is 4.46. The lowest BCUT2D eigenvalue weighted by atomic mass is 9.98. The summed E-state index contributed by atoms with van der Waals surface area (Å²) < 4.78 is 28.1. The second-order valence-electron chi connectivity index (χ2n) is 5.83. The van der Waals surface area contributed by atoms with Crippen LogP contribution in [-0.2, 0) is 19.4 Å². The quantitative estimate of drug-likeness (QED) is 0.769. The predicted octanol–water partition coefficient (Wildman–Crippen LogP) is 1.51. The van der Waals surface area contributed by atoms with Gasteiger partial charge in [-0.25, -0.2) is 13.2 Å². The lowest BCUT2D eigenvalue weighted by Gasteiger charge is -2.22. The number of carbonyl (C=O) groups is 2. The summed E-state index contributed by atoms with van der Waals surface area (Å²) in [7, 11) is -2.35. The van der Waals surface area contributed by atoms with Crippen LogP contribution in [0.5, 0.6) is 0 Å². The molecular weight excluding hydrogens is 356 g/mol. The van der Waals surface area contributed by atoms with E-state index in [4.69, 9.17) is 5.73 Å². The molecule has 1 aliphatic rings. The van der Waals surface area contributed by atoms with Gasteiger partial charge in [0, 0.05) is 11.9 Å². The average molecular weight is 377 g/mol. The second-order valence-corrected chi connectivity index (χ2v) is 7.84. The van der Waals surface area contributed by atoms with E-state index in [1.807, 2.05) is 0 Å². The summed E-state index contributed by atoms with van der Waals surface area (Å²) in [5, 5.41) is 2.62. The zero-order valence-corrected chi connectivity index (χ0v) is 15.1. The molecule has 1 aliphatic carbocycles. The molecular formula is C15H21ClN2O5S. The van der Waals surface area contributed by atoms with Gasteiger partial charge in [0.05, 0.1) is 23.1 Å². The molecule has 24 heavy (non-hydrogen) atoms. The van der Waals surface area contributed by atoms with Crippen molar-refractivity contribution in [1.29, 1.82) is 0 Å². The third-order valence-electron chi connectivity index (χ3n) is 3.96. The molecule has 9 heteroatoms. The summed E-state index contributed by atoms with van der Waals surface area (Å²) in [6.07, 6.45) is 3.93. The maximum atomic E-state index is 12.3. The number of esters is 1. The van der Waals surface area contributed by atoms with Crippen molar-refractivity contribution in [3.05, 3.63) is 23.8 Å². The molecule has 0 spiro atoms. The molecule has 134 valence electrons. The maximum absolute atomic E-state index is 12.3. The molecule has 0 aliphatic heterocycles. The fourth-order valence-corrected chi connectivity index (χ4v) is 3.29. The molecule has 0 heterocycles. The van der Waals surface area contributed by atoms with Crippen LogP contribution >= 0.6 is 12.4 Å². The number of ether oxygens (including phenoxy) is 1. The predicted molar refractivity (Wildman–Crippen MR) is 92.2 cm³/mol. The first-order valence-electron chi connectivity index (χ1n) is 7.19. The van der Waals surface area contributed by atoms with Crippen molar-refractivity contribution in [2.75, 3.05) is 18.7 Å². The van der Waals surface area contributed by atoms with E-state index >= 15 is 0 Å². The van der Waals surface area contributed by atoms with Crippen molar-refractivity contribution in [1.82, 2.24) is 0 Å². The summed E-state index contributed by atoms with van der Waals surface area (Å²) in [6, 6.07) is 3.89. The van der Waals surface area contributed by atoms with E-state index in [-0.39, 0.29) is 34.5 Å². The number of anilines is 1. The first kappa shape index (κ1) is 20.4. The Bertz CT molecular complexity index is 742. The molecule has 0 atom stereocenters. The fourth-order valence-electron chi connectivity index (χ4n) is 2.61. The van der Waals surface area contributed by atoms with Gasteiger partial charge in [-0.3, -0.25) is 4.79 Å². The highest BCUT2D eigenvalue weighted by atomic mass is 35.5. The van der Waals surface area contributed by atoms with Crippen LogP contribution in [0.1, 0.15) is 36.0 Å². The van der Waals surface area contributed by atoms with Gasteiger partial charge >= 0.3 is 5.97 Å². The van der Waals surface area contributed by atoms with Crippen LogP contribution in [0.3, 0.4) is 0 Å². The van der Waals surface area contributed by atoms with Gasteiger partial charge in [0.25, 0.3) is 0 Å². The number of nitrogens with two attached hydrogens (primary N) is 1. The second kappa shape index (κ2) is 7.50. The van der Waals surface area contributed by atoms with E-state index in [0.717, 1.165) is 19.1 Å². The molecule has 1 saturated carbocycles. The van der Waals surface area contributed by atoms with Crippen LogP contribution in [0.15, 0.2) is 23.1 Å². The number of hydrogen-bond acceptors (Lipinski definition) is 6. The van der Waals surface area contributed by atoms with Gasteiger partial charge < -0.3 is 15.8 Å². The summed E-state index contributed by atoms with van der Waals surface area (Å²) in [5.41, 5.74) is 5.37. The van der Waals surface area contributed by atoms with Crippen LogP contribution in [0, 0.1) is 0 Å². The Balaban J connectivity index is 0.00000288. The van der Waals surface area contributed by atoms with Crippen LogP contribution in [0.2, 0.25) is 0 Å². The largest absolute Gasteiger partial charge is 0.465 e. The normalized spacial score (nSPS) is 16.1. The number of nitrogens with one attached hydrogen (secondary N) is 1. The van der Waals surface area contributed by atoms with E-state index in [2.05, 4.69) is 10.1 Å².